The fourth-order valence-corrected chi connectivity index (χ4v) is 3.26. The van der Waals surface area contributed by atoms with Gasteiger partial charge in [-0.15, -0.1) is 5.10 Å². The number of anilines is 1. The second-order valence-electron chi connectivity index (χ2n) is 5.05. The van der Waals surface area contributed by atoms with Gasteiger partial charge in [-0.1, -0.05) is 17.3 Å². The molecule has 0 aliphatic rings. The lowest BCUT2D eigenvalue weighted by atomic mass is 10.2. The topological polar surface area (TPSA) is 166 Å². The zero-order valence-corrected chi connectivity index (χ0v) is 14.7. The van der Waals surface area contributed by atoms with Crippen molar-refractivity contribution in [2.75, 3.05) is 11.0 Å². The maximum absolute atomic E-state index is 12.1. The van der Waals surface area contributed by atoms with Crippen LogP contribution in [-0.4, -0.2) is 44.0 Å². The average molecular weight is 388 g/mol. The van der Waals surface area contributed by atoms with Crippen LogP contribution in [0.3, 0.4) is 0 Å². The summed E-state index contributed by atoms with van der Waals surface area (Å²) in [4.78, 5) is 11.8. The van der Waals surface area contributed by atoms with Crippen molar-refractivity contribution in [1.29, 1.82) is 0 Å². The first-order valence-electron chi connectivity index (χ1n) is 6.81. The van der Waals surface area contributed by atoms with Gasteiger partial charge in [0.25, 0.3) is 15.9 Å². The summed E-state index contributed by atoms with van der Waals surface area (Å²) in [6, 6.07) is 5.75. The zero-order valence-electron chi connectivity index (χ0n) is 13.1. The van der Waals surface area contributed by atoms with Gasteiger partial charge in [0.15, 0.2) is 5.82 Å². The summed E-state index contributed by atoms with van der Waals surface area (Å²) >= 11 is 0. The van der Waals surface area contributed by atoms with Crippen LogP contribution in [0.25, 0.3) is 0 Å². The van der Waals surface area contributed by atoms with Crippen LogP contribution in [0.4, 0.5) is 5.82 Å². The Labute approximate surface area is 144 Å². The van der Waals surface area contributed by atoms with E-state index in [0.717, 1.165) is 22.7 Å². The van der Waals surface area contributed by atoms with Gasteiger partial charge in [-0.2, -0.15) is 0 Å². The highest BCUT2D eigenvalue weighted by Crippen LogP contribution is 2.10. The first kappa shape index (κ1) is 18.8. The van der Waals surface area contributed by atoms with E-state index in [0.29, 0.717) is 0 Å². The van der Waals surface area contributed by atoms with E-state index in [2.05, 4.69) is 15.0 Å². The lowest BCUT2D eigenvalue weighted by Gasteiger charge is -2.07. The van der Waals surface area contributed by atoms with E-state index in [1.54, 1.807) is 12.1 Å². The number of rotatable bonds is 7. The molecule has 0 radical (unpaired) electrons. The Bertz CT molecular complexity index is 966. The third-order valence-electron chi connectivity index (χ3n) is 2.85. The van der Waals surface area contributed by atoms with E-state index < -0.39 is 32.5 Å². The number of aromatic nitrogens is 3. The van der Waals surface area contributed by atoms with Gasteiger partial charge in [-0.05, 0) is 17.7 Å². The van der Waals surface area contributed by atoms with Crippen molar-refractivity contribution in [3.05, 3.63) is 36.0 Å². The minimum absolute atomic E-state index is 0.0870. The van der Waals surface area contributed by atoms with E-state index in [1.165, 1.54) is 12.1 Å². The standard InChI is InChI=1S/C12H16N6O5S2/c1-24(20,21)15-11-7-18(17-14-11)8-12(19)16-25(22,23)10-4-2-9(6-13)3-5-10/h2-5,7,15H,6,8,13H2,1H3,(H,16,19). The molecule has 4 N–H and O–H groups in total. The maximum atomic E-state index is 12.1. The lowest BCUT2D eigenvalue weighted by Crippen LogP contribution is -2.33. The number of nitrogens with one attached hydrogen (secondary N) is 2. The van der Waals surface area contributed by atoms with Crippen LogP contribution in [0.15, 0.2) is 35.4 Å². The molecule has 0 saturated heterocycles. The van der Waals surface area contributed by atoms with Crippen molar-refractivity contribution in [1.82, 2.24) is 19.7 Å². The molecule has 0 saturated carbocycles. The Hall–Kier alpha value is -2.51. The predicted octanol–water partition coefficient (Wildman–Crippen LogP) is -1.39. The molecule has 136 valence electrons. The largest absolute Gasteiger partial charge is 0.326 e. The number of amides is 1. The second kappa shape index (κ2) is 7.16. The molecule has 1 aromatic carbocycles. The van der Waals surface area contributed by atoms with Crippen molar-refractivity contribution in [2.24, 2.45) is 5.73 Å². The van der Waals surface area contributed by atoms with Crippen molar-refractivity contribution in [3.63, 3.8) is 0 Å². The van der Waals surface area contributed by atoms with Crippen molar-refractivity contribution in [3.8, 4) is 0 Å². The van der Waals surface area contributed by atoms with E-state index in [4.69, 9.17) is 5.73 Å². The van der Waals surface area contributed by atoms with Gasteiger partial charge >= 0.3 is 0 Å². The Morgan fingerprint density at radius 2 is 1.84 bits per heavy atom. The summed E-state index contributed by atoms with van der Waals surface area (Å²) in [5.74, 6) is -0.950. The van der Waals surface area contributed by atoms with Gasteiger partial charge < -0.3 is 5.73 Å². The Morgan fingerprint density at radius 1 is 1.20 bits per heavy atom. The molecule has 1 amide bonds. The summed E-state index contributed by atoms with van der Waals surface area (Å²) in [7, 11) is -7.57. The fraction of sp³-hybridized carbons (Fsp3) is 0.250. The molecule has 11 nitrogen and oxygen atoms in total. The fourth-order valence-electron chi connectivity index (χ4n) is 1.81. The van der Waals surface area contributed by atoms with Crippen LogP contribution in [0.5, 0.6) is 0 Å². The van der Waals surface area contributed by atoms with E-state index in [-0.39, 0.29) is 17.3 Å². The molecule has 25 heavy (non-hydrogen) atoms. The normalized spacial score (nSPS) is 11.9. The van der Waals surface area contributed by atoms with E-state index >= 15 is 0 Å². The summed E-state index contributed by atoms with van der Waals surface area (Å²) < 4.78 is 51.3. The maximum Gasteiger partial charge on any atom is 0.264 e. The summed E-state index contributed by atoms with van der Waals surface area (Å²) in [5.41, 5.74) is 6.19. The predicted molar refractivity (Wildman–Crippen MR) is 88.2 cm³/mol. The summed E-state index contributed by atoms with van der Waals surface area (Å²) in [5, 5.41) is 7.05. The van der Waals surface area contributed by atoms with Gasteiger partial charge in [-0.25, -0.2) is 26.2 Å². The third kappa shape index (κ3) is 5.51. The number of carbonyl (C=O) groups is 1. The molecule has 13 heteroatoms. The highest BCUT2D eigenvalue weighted by atomic mass is 32.2. The molecule has 2 aromatic rings. The minimum Gasteiger partial charge on any atom is -0.326 e. The molecule has 0 atom stereocenters. The highest BCUT2D eigenvalue weighted by Gasteiger charge is 2.18. The minimum atomic E-state index is -4.04. The van der Waals surface area contributed by atoms with E-state index in [1.807, 2.05) is 4.72 Å². The number of sulfonamides is 2. The van der Waals surface area contributed by atoms with Crippen LogP contribution < -0.4 is 15.2 Å². The number of nitrogens with zero attached hydrogens (tertiary/aromatic N) is 3. The van der Waals surface area contributed by atoms with Crippen molar-refractivity contribution in [2.45, 2.75) is 18.0 Å². The first-order valence-corrected chi connectivity index (χ1v) is 10.2. The molecule has 0 bridgehead atoms. The molecule has 1 aromatic heterocycles. The van der Waals surface area contributed by atoms with Crippen LogP contribution in [0.1, 0.15) is 5.56 Å². The van der Waals surface area contributed by atoms with Crippen molar-refractivity contribution >= 4 is 31.8 Å². The Balaban J connectivity index is 2.03. The van der Waals surface area contributed by atoms with Crippen LogP contribution in [0.2, 0.25) is 0 Å². The lowest BCUT2D eigenvalue weighted by molar-refractivity contribution is -0.120. The summed E-state index contributed by atoms with van der Waals surface area (Å²) in [6.07, 6.45) is 2.09. The molecule has 0 aliphatic heterocycles. The van der Waals surface area contributed by atoms with E-state index in [9.17, 15) is 21.6 Å². The molecule has 1 heterocycles. The molecule has 2 rings (SSSR count). The average Bonchev–Trinajstić information content (AvgIpc) is 2.91. The quantitative estimate of drug-likeness (QED) is 0.521. The second-order valence-corrected chi connectivity index (χ2v) is 8.48. The van der Waals surface area contributed by atoms with Gasteiger partial charge in [0.05, 0.1) is 17.3 Å². The zero-order chi connectivity index (χ0) is 18.7. The smallest absolute Gasteiger partial charge is 0.264 e. The molecule has 0 aliphatic carbocycles. The molecule has 0 spiro atoms. The number of benzene rings is 1. The first-order chi connectivity index (χ1) is 11.6. The van der Waals surface area contributed by atoms with Gasteiger partial charge in [0.2, 0.25) is 10.0 Å². The van der Waals surface area contributed by atoms with Crippen LogP contribution in [0, 0.1) is 0 Å². The molecular weight excluding hydrogens is 372 g/mol. The highest BCUT2D eigenvalue weighted by molar-refractivity contribution is 7.92. The Morgan fingerprint density at radius 3 is 2.40 bits per heavy atom. The SMILES string of the molecule is CS(=O)(=O)Nc1cn(CC(=O)NS(=O)(=O)c2ccc(CN)cc2)nn1. The number of nitrogens with two attached hydrogens (primary N) is 1. The Kier molecular flexibility index (Phi) is 5.39. The van der Waals surface area contributed by atoms with Crippen LogP contribution >= 0.6 is 0 Å². The van der Waals surface area contributed by atoms with Gasteiger partial charge in [0, 0.05) is 6.54 Å². The molecule has 0 unspecified atom stereocenters. The number of carbonyl (C=O) groups excluding carboxylic acids is 1. The summed E-state index contributed by atoms with van der Waals surface area (Å²) in [6.45, 7) is -0.193. The van der Waals surface area contributed by atoms with Gasteiger partial charge in [-0.3, -0.25) is 9.52 Å². The van der Waals surface area contributed by atoms with Crippen molar-refractivity contribution < 1.29 is 21.6 Å². The molecular formula is C12H16N6O5S2. The number of hydrogen-bond donors (Lipinski definition) is 3. The molecule has 0 fully saturated rings. The van der Waals surface area contributed by atoms with Gasteiger partial charge in [0.1, 0.15) is 6.54 Å². The van der Waals surface area contributed by atoms with Crippen LogP contribution in [-0.2, 0) is 37.9 Å². The third-order valence-corrected chi connectivity index (χ3v) is 4.82. The monoisotopic (exact) mass is 388 g/mol. The number of hydrogen-bond acceptors (Lipinski definition) is 8.